The van der Waals surface area contributed by atoms with Crippen molar-refractivity contribution in [2.75, 3.05) is 0 Å². The number of aromatic nitrogens is 2. The van der Waals surface area contributed by atoms with E-state index in [-0.39, 0.29) is 11.9 Å². The van der Waals surface area contributed by atoms with Crippen molar-refractivity contribution in [3.8, 4) is 0 Å². The third-order valence-electron chi connectivity index (χ3n) is 2.70. The Morgan fingerprint density at radius 2 is 2.33 bits per heavy atom. The maximum atomic E-state index is 12.9. The number of nitrogens with zero attached hydrogens (tertiary/aromatic N) is 2. The van der Waals surface area contributed by atoms with Gasteiger partial charge in [0.25, 0.3) is 0 Å². The summed E-state index contributed by atoms with van der Waals surface area (Å²) in [5.74, 6) is -0.310. The predicted molar refractivity (Wildman–Crippen MR) is 69.9 cm³/mol. The second-order valence-electron chi connectivity index (χ2n) is 4.28. The minimum Gasteiger partial charge on any atom is -0.336 e. The molecule has 0 amide bonds. The summed E-state index contributed by atoms with van der Waals surface area (Å²) in [6.07, 6.45) is 5.45. The first-order chi connectivity index (χ1) is 8.65. The molecule has 0 bridgehead atoms. The van der Waals surface area contributed by atoms with Gasteiger partial charge in [-0.3, -0.25) is 0 Å². The summed E-state index contributed by atoms with van der Waals surface area (Å²) in [6, 6.07) is 4.73. The van der Waals surface area contributed by atoms with Crippen LogP contribution < -0.4 is 5.32 Å². The Hall–Kier alpha value is -1.39. The molecule has 5 heteroatoms. The van der Waals surface area contributed by atoms with Gasteiger partial charge in [-0.2, -0.15) is 0 Å². The van der Waals surface area contributed by atoms with Gasteiger partial charge in [-0.1, -0.05) is 17.7 Å². The van der Waals surface area contributed by atoms with Crippen molar-refractivity contribution in [2.45, 2.75) is 26.1 Å². The van der Waals surface area contributed by atoms with Crippen LogP contribution in [0.15, 0.2) is 36.9 Å². The van der Waals surface area contributed by atoms with Crippen LogP contribution in [0.3, 0.4) is 0 Å². The Bertz CT molecular complexity index is 499. The molecule has 2 rings (SSSR count). The minimum absolute atomic E-state index is 0.278. The van der Waals surface area contributed by atoms with E-state index in [1.54, 1.807) is 18.6 Å². The van der Waals surface area contributed by atoms with Crippen LogP contribution in [0.1, 0.15) is 12.5 Å². The van der Waals surface area contributed by atoms with E-state index in [9.17, 15) is 4.39 Å². The van der Waals surface area contributed by atoms with E-state index >= 15 is 0 Å². The molecule has 2 aromatic rings. The molecule has 3 nitrogen and oxygen atoms in total. The van der Waals surface area contributed by atoms with Crippen LogP contribution in [-0.2, 0) is 13.1 Å². The molecule has 96 valence electrons. The molecule has 1 aromatic carbocycles. The van der Waals surface area contributed by atoms with Crippen LogP contribution in [-0.4, -0.2) is 15.6 Å². The largest absolute Gasteiger partial charge is 0.336 e. The first-order valence-corrected chi connectivity index (χ1v) is 6.16. The molecule has 1 heterocycles. The van der Waals surface area contributed by atoms with Gasteiger partial charge in [0.1, 0.15) is 5.82 Å². The zero-order chi connectivity index (χ0) is 13.0. The maximum Gasteiger partial charge on any atom is 0.124 e. The molecule has 0 spiro atoms. The van der Waals surface area contributed by atoms with Crippen molar-refractivity contribution in [2.24, 2.45) is 0 Å². The Morgan fingerprint density at radius 3 is 3.00 bits per heavy atom. The van der Waals surface area contributed by atoms with E-state index < -0.39 is 0 Å². The van der Waals surface area contributed by atoms with Crippen molar-refractivity contribution >= 4 is 11.6 Å². The van der Waals surface area contributed by atoms with E-state index in [1.807, 2.05) is 10.8 Å². The van der Waals surface area contributed by atoms with Gasteiger partial charge in [0.05, 0.1) is 6.33 Å². The second-order valence-corrected chi connectivity index (χ2v) is 4.68. The third kappa shape index (κ3) is 3.55. The molecule has 18 heavy (non-hydrogen) atoms. The molecule has 0 fully saturated rings. The fraction of sp³-hybridized carbons (Fsp3) is 0.308. The molecule has 0 radical (unpaired) electrons. The molecule has 1 atom stereocenters. The fourth-order valence-corrected chi connectivity index (χ4v) is 1.96. The highest BCUT2D eigenvalue weighted by atomic mass is 35.5. The molecule has 1 aromatic heterocycles. The van der Waals surface area contributed by atoms with Crippen molar-refractivity contribution in [3.05, 3.63) is 53.3 Å². The molecular formula is C13H15ClFN3. The number of benzene rings is 1. The molecular weight excluding hydrogens is 253 g/mol. The van der Waals surface area contributed by atoms with Crippen molar-refractivity contribution < 1.29 is 4.39 Å². The molecule has 0 aliphatic carbocycles. The van der Waals surface area contributed by atoms with Gasteiger partial charge in [0.2, 0.25) is 0 Å². The quantitative estimate of drug-likeness (QED) is 0.903. The smallest absolute Gasteiger partial charge is 0.124 e. The normalized spacial score (nSPS) is 12.6. The maximum absolute atomic E-state index is 12.9. The monoisotopic (exact) mass is 267 g/mol. The minimum atomic E-state index is -0.310. The van der Waals surface area contributed by atoms with Crippen LogP contribution in [0.25, 0.3) is 0 Å². The highest BCUT2D eigenvalue weighted by Gasteiger charge is 2.05. The lowest BCUT2D eigenvalue weighted by molar-refractivity contribution is 0.476. The van der Waals surface area contributed by atoms with Crippen molar-refractivity contribution in [1.82, 2.24) is 14.9 Å². The van der Waals surface area contributed by atoms with Crippen LogP contribution in [0, 0.1) is 5.82 Å². The fourth-order valence-electron chi connectivity index (χ4n) is 1.72. The summed E-state index contributed by atoms with van der Waals surface area (Å²) in [5, 5.41) is 3.80. The van der Waals surface area contributed by atoms with E-state index in [4.69, 9.17) is 11.6 Å². The van der Waals surface area contributed by atoms with Crippen LogP contribution in [0.2, 0.25) is 5.02 Å². The SMILES string of the molecule is CC(Cn1ccnc1)NCc1ccc(F)cc1Cl. The van der Waals surface area contributed by atoms with Gasteiger partial charge < -0.3 is 9.88 Å². The summed E-state index contributed by atoms with van der Waals surface area (Å²) < 4.78 is 14.9. The van der Waals surface area contributed by atoms with Gasteiger partial charge in [0, 0.05) is 36.5 Å². The summed E-state index contributed by atoms with van der Waals surface area (Å²) in [7, 11) is 0. The number of imidazole rings is 1. The van der Waals surface area contributed by atoms with E-state index in [1.165, 1.54) is 12.1 Å². The molecule has 0 saturated carbocycles. The highest BCUT2D eigenvalue weighted by Crippen LogP contribution is 2.17. The van der Waals surface area contributed by atoms with Gasteiger partial charge in [-0.25, -0.2) is 9.37 Å². The number of nitrogens with one attached hydrogen (secondary N) is 1. The molecule has 0 saturated heterocycles. The first-order valence-electron chi connectivity index (χ1n) is 5.78. The number of rotatable bonds is 5. The van der Waals surface area contributed by atoms with Gasteiger partial charge in [0.15, 0.2) is 0 Å². The lowest BCUT2D eigenvalue weighted by Gasteiger charge is -2.15. The lowest BCUT2D eigenvalue weighted by Crippen LogP contribution is -2.29. The summed E-state index contributed by atoms with van der Waals surface area (Å²) >= 11 is 5.96. The van der Waals surface area contributed by atoms with Gasteiger partial charge in [-0.15, -0.1) is 0 Å². The average Bonchev–Trinajstić information content (AvgIpc) is 2.80. The summed E-state index contributed by atoms with van der Waals surface area (Å²) in [4.78, 5) is 3.99. The topological polar surface area (TPSA) is 29.9 Å². The van der Waals surface area contributed by atoms with Crippen molar-refractivity contribution in [1.29, 1.82) is 0 Å². The number of halogens is 2. The Labute approximate surface area is 111 Å². The summed E-state index contributed by atoms with van der Waals surface area (Å²) in [6.45, 7) is 3.53. The molecule has 0 aliphatic rings. The first kappa shape index (κ1) is 13.1. The number of hydrogen-bond donors (Lipinski definition) is 1. The Morgan fingerprint density at radius 1 is 1.50 bits per heavy atom. The highest BCUT2D eigenvalue weighted by molar-refractivity contribution is 6.31. The zero-order valence-corrected chi connectivity index (χ0v) is 10.9. The standard InChI is InChI=1S/C13H15ClFN3/c1-10(8-18-5-4-16-9-18)17-7-11-2-3-12(15)6-13(11)14/h2-6,9-10,17H,7-8H2,1H3. The van der Waals surface area contributed by atoms with E-state index in [2.05, 4.69) is 17.2 Å². The summed E-state index contributed by atoms with van der Waals surface area (Å²) in [5.41, 5.74) is 0.899. The van der Waals surface area contributed by atoms with Gasteiger partial charge in [-0.05, 0) is 24.6 Å². The van der Waals surface area contributed by atoms with E-state index in [0.29, 0.717) is 11.6 Å². The molecule has 1 N–H and O–H groups in total. The predicted octanol–water partition coefficient (Wildman–Crippen LogP) is 2.85. The lowest BCUT2D eigenvalue weighted by atomic mass is 10.2. The molecule has 1 unspecified atom stereocenters. The third-order valence-corrected chi connectivity index (χ3v) is 3.05. The van der Waals surface area contributed by atoms with E-state index in [0.717, 1.165) is 12.1 Å². The number of hydrogen-bond acceptors (Lipinski definition) is 2. The van der Waals surface area contributed by atoms with Crippen LogP contribution in [0.4, 0.5) is 4.39 Å². The Balaban J connectivity index is 1.87. The second kappa shape index (κ2) is 5.98. The van der Waals surface area contributed by atoms with Crippen molar-refractivity contribution in [3.63, 3.8) is 0 Å². The van der Waals surface area contributed by atoms with Crippen LogP contribution >= 0.6 is 11.6 Å². The average molecular weight is 268 g/mol. The Kier molecular flexibility index (Phi) is 4.33. The molecule has 0 aliphatic heterocycles. The van der Waals surface area contributed by atoms with Gasteiger partial charge >= 0.3 is 0 Å². The zero-order valence-electron chi connectivity index (χ0n) is 10.1. The van der Waals surface area contributed by atoms with Crippen LogP contribution in [0.5, 0.6) is 0 Å².